The van der Waals surface area contributed by atoms with Crippen molar-refractivity contribution < 1.29 is 14.7 Å². The first-order chi connectivity index (χ1) is 8.00. The molecule has 86 valence electrons. The van der Waals surface area contributed by atoms with Gasteiger partial charge in [-0.15, -0.1) is 0 Å². The maximum absolute atomic E-state index is 11.8. The van der Waals surface area contributed by atoms with Crippen molar-refractivity contribution in [1.29, 1.82) is 0 Å². The van der Waals surface area contributed by atoms with Crippen molar-refractivity contribution >= 4 is 22.7 Å². The molecule has 0 amide bonds. The van der Waals surface area contributed by atoms with E-state index in [9.17, 15) is 19.5 Å². The van der Waals surface area contributed by atoms with E-state index in [1.165, 1.54) is 13.0 Å². The Morgan fingerprint density at radius 2 is 2.00 bits per heavy atom. The van der Waals surface area contributed by atoms with Gasteiger partial charge in [0.25, 0.3) is 0 Å². The van der Waals surface area contributed by atoms with Crippen LogP contribution < -0.4 is 10.5 Å². The zero-order valence-corrected chi connectivity index (χ0v) is 8.94. The number of hydrogen-bond acceptors (Lipinski definition) is 4. The molecule has 2 rings (SSSR count). The van der Waals surface area contributed by atoms with Gasteiger partial charge in [-0.3, -0.25) is 9.59 Å². The molecule has 0 aliphatic rings. The van der Waals surface area contributed by atoms with Crippen molar-refractivity contribution in [2.75, 3.05) is 0 Å². The van der Waals surface area contributed by atoms with Crippen molar-refractivity contribution in [2.45, 2.75) is 6.92 Å². The van der Waals surface area contributed by atoms with E-state index in [0.29, 0.717) is 11.1 Å². The molecule has 0 aliphatic heterocycles. The predicted molar refractivity (Wildman–Crippen MR) is 58.9 cm³/mol. The molecule has 0 radical (unpaired) electrons. The molecule has 1 N–H and O–H groups in total. The first kappa shape index (κ1) is 11.1. The van der Waals surface area contributed by atoms with Gasteiger partial charge in [-0.1, -0.05) is 0 Å². The van der Waals surface area contributed by atoms with Crippen molar-refractivity contribution in [3.05, 3.63) is 45.7 Å². The number of fused-ring (bicyclic) bond motifs is 1. The van der Waals surface area contributed by atoms with Gasteiger partial charge in [0.1, 0.15) is 0 Å². The Balaban J connectivity index is 2.83. The number of nitrogens with one attached hydrogen (secondary N) is 1. The molecule has 17 heavy (non-hydrogen) atoms. The topological polar surface area (TPSA) is 90.1 Å². The van der Waals surface area contributed by atoms with Gasteiger partial charge in [0.05, 0.1) is 11.5 Å². The molecule has 1 aromatic carbocycles. The average molecular weight is 230 g/mol. The minimum atomic E-state index is -1.54. The van der Waals surface area contributed by atoms with Gasteiger partial charge in [-0.2, -0.15) is 0 Å². The third-order valence-electron chi connectivity index (χ3n) is 2.51. The third kappa shape index (κ3) is 1.82. The highest BCUT2D eigenvalue weighted by atomic mass is 16.4. The molecule has 0 bridgehead atoms. The fourth-order valence-electron chi connectivity index (χ4n) is 1.59. The van der Waals surface area contributed by atoms with Crippen LogP contribution in [-0.4, -0.2) is 16.7 Å². The highest BCUT2D eigenvalue weighted by Gasteiger charge is 2.08. The number of carbonyl (C=O) groups is 2. The van der Waals surface area contributed by atoms with Crippen LogP contribution in [0.4, 0.5) is 0 Å². The van der Waals surface area contributed by atoms with Crippen LogP contribution >= 0.6 is 0 Å². The van der Waals surface area contributed by atoms with Crippen molar-refractivity contribution in [3.8, 4) is 0 Å². The van der Waals surface area contributed by atoms with Crippen LogP contribution in [0.2, 0.25) is 0 Å². The largest absolute Gasteiger partial charge is 0.545 e. The Bertz CT molecular complexity index is 679. The molecule has 0 saturated carbocycles. The molecular formula is C12H8NO4-. The maximum atomic E-state index is 11.8. The smallest absolute Gasteiger partial charge is 0.198 e. The first-order valence-corrected chi connectivity index (χ1v) is 4.88. The number of carboxylic acid groups (broad SMARTS) is 1. The lowest BCUT2D eigenvalue weighted by molar-refractivity contribution is -0.255. The van der Waals surface area contributed by atoms with E-state index < -0.39 is 17.0 Å². The van der Waals surface area contributed by atoms with E-state index in [-0.39, 0.29) is 11.2 Å². The monoisotopic (exact) mass is 230 g/mol. The van der Waals surface area contributed by atoms with E-state index in [1.54, 1.807) is 12.1 Å². The van der Waals surface area contributed by atoms with Gasteiger partial charge in [-0.05, 0) is 25.1 Å². The molecule has 0 aliphatic carbocycles. The van der Waals surface area contributed by atoms with Crippen LogP contribution in [0.5, 0.6) is 0 Å². The van der Waals surface area contributed by atoms with E-state index in [2.05, 4.69) is 4.98 Å². The summed E-state index contributed by atoms with van der Waals surface area (Å²) in [6.07, 6.45) is 1.09. The van der Waals surface area contributed by atoms with Crippen LogP contribution in [0, 0.1) is 0 Å². The first-order valence-electron chi connectivity index (χ1n) is 4.88. The van der Waals surface area contributed by atoms with Crippen molar-refractivity contribution in [1.82, 2.24) is 4.98 Å². The van der Waals surface area contributed by atoms with Crippen molar-refractivity contribution in [2.24, 2.45) is 0 Å². The summed E-state index contributed by atoms with van der Waals surface area (Å²) in [5.74, 6) is -1.73. The zero-order chi connectivity index (χ0) is 12.6. The Morgan fingerprint density at radius 3 is 2.59 bits per heavy atom. The molecule has 0 saturated heterocycles. The lowest BCUT2D eigenvalue weighted by atomic mass is 10.1. The fraction of sp³-hybridized carbons (Fsp3) is 0.0833. The second-order valence-electron chi connectivity index (χ2n) is 3.64. The molecule has 0 unspecified atom stereocenters. The molecule has 0 atom stereocenters. The minimum absolute atomic E-state index is 0.166. The predicted octanol–water partition coefficient (Wildman–Crippen LogP) is 0.0942. The highest BCUT2D eigenvalue weighted by Crippen LogP contribution is 2.11. The van der Waals surface area contributed by atoms with Crippen LogP contribution in [0.3, 0.4) is 0 Å². The summed E-state index contributed by atoms with van der Waals surface area (Å²) in [6.45, 7) is 1.37. The number of aromatic amines is 1. The summed E-state index contributed by atoms with van der Waals surface area (Å²) < 4.78 is 0. The van der Waals surface area contributed by atoms with E-state index in [0.717, 1.165) is 6.20 Å². The van der Waals surface area contributed by atoms with Gasteiger partial charge in [-0.25, -0.2) is 0 Å². The molecule has 5 nitrogen and oxygen atoms in total. The number of carboxylic acids is 1. The van der Waals surface area contributed by atoms with E-state index in [4.69, 9.17) is 0 Å². The van der Waals surface area contributed by atoms with Gasteiger partial charge in [0, 0.05) is 22.7 Å². The van der Waals surface area contributed by atoms with Crippen LogP contribution in [0.25, 0.3) is 10.9 Å². The fourth-order valence-corrected chi connectivity index (χ4v) is 1.59. The van der Waals surface area contributed by atoms with Crippen LogP contribution in [0.15, 0.2) is 29.2 Å². The second-order valence-corrected chi connectivity index (χ2v) is 3.64. The summed E-state index contributed by atoms with van der Waals surface area (Å²) in [5, 5.41) is 10.9. The van der Waals surface area contributed by atoms with E-state index >= 15 is 0 Å². The zero-order valence-electron chi connectivity index (χ0n) is 8.94. The number of aromatic carboxylic acids is 1. The average Bonchev–Trinajstić information content (AvgIpc) is 2.28. The molecule has 0 fully saturated rings. The van der Waals surface area contributed by atoms with E-state index in [1.807, 2.05) is 0 Å². The van der Waals surface area contributed by atoms with Gasteiger partial charge in [0.2, 0.25) is 0 Å². The summed E-state index contributed by atoms with van der Waals surface area (Å²) in [7, 11) is 0. The summed E-state index contributed by atoms with van der Waals surface area (Å²) in [5.41, 5.74) is -0.261. The number of Topliss-reactive ketones (excluding diaryl/α,β-unsaturated/α-hetero) is 1. The quantitative estimate of drug-likeness (QED) is 0.740. The van der Waals surface area contributed by atoms with Crippen LogP contribution in [-0.2, 0) is 0 Å². The third-order valence-corrected chi connectivity index (χ3v) is 2.51. The van der Waals surface area contributed by atoms with Gasteiger partial charge in [0.15, 0.2) is 11.2 Å². The number of ketones is 1. The molecule has 1 aromatic heterocycles. The summed E-state index contributed by atoms with van der Waals surface area (Å²) in [4.78, 5) is 36.3. The SMILES string of the molecule is CC(=O)c1ccc2[nH]cc(C(=O)[O-])c(=O)c2c1. The number of carbonyl (C=O) groups excluding carboxylic acids is 2. The number of rotatable bonds is 2. The Morgan fingerprint density at radius 1 is 1.29 bits per heavy atom. The minimum Gasteiger partial charge on any atom is -0.545 e. The number of H-pyrrole nitrogens is 1. The lowest BCUT2D eigenvalue weighted by Crippen LogP contribution is -2.29. The summed E-state index contributed by atoms with van der Waals surface area (Å²) >= 11 is 0. The molecular weight excluding hydrogens is 222 g/mol. The highest BCUT2D eigenvalue weighted by molar-refractivity contribution is 5.99. The normalized spacial score (nSPS) is 10.4. The number of pyridine rings is 1. The second kappa shape index (κ2) is 3.86. The summed E-state index contributed by atoms with van der Waals surface area (Å²) in [6, 6.07) is 4.51. The standard InChI is InChI=1S/C12H9NO4/c1-6(14)7-2-3-10-8(4-7)11(15)9(5-13-10)12(16)17/h2-5H,1H3,(H,13,15)(H,16,17)/p-1. The molecule has 2 aromatic rings. The van der Waals surface area contributed by atoms with Crippen LogP contribution in [0.1, 0.15) is 27.6 Å². The Kier molecular flexibility index (Phi) is 2.51. The number of aromatic nitrogens is 1. The molecule has 5 heteroatoms. The Labute approximate surface area is 95.7 Å². The maximum Gasteiger partial charge on any atom is 0.198 e. The van der Waals surface area contributed by atoms with Crippen molar-refractivity contribution in [3.63, 3.8) is 0 Å². The van der Waals surface area contributed by atoms with Gasteiger partial charge >= 0.3 is 0 Å². The number of benzene rings is 1. The Hall–Kier alpha value is -2.43. The number of hydrogen-bond donors (Lipinski definition) is 1. The van der Waals surface area contributed by atoms with Gasteiger partial charge < -0.3 is 14.9 Å². The molecule has 1 heterocycles. The molecule has 0 spiro atoms. The lowest BCUT2D eigenvalue weighted by Gasteiger charge is -2.04.